The zero-order valence-electron chi connectivity index (χ0n) is 14.7. The van der Waals surface area contributed by atoms with Gasteiger partial charge in [-0.3, -0.25) is 9.59 Å². The van der Waals surface area contributed by atoms with Gasteiger partial charge < -0.3 is 10.2 Å². The van der Waals surface area contributed by atoms with Crippen molar-refractivity contribution in [3.05, 3.63) is 71.5 Å². The van der Waals surface area contributed by atoms with Gasteiger partial charge in [-0.15, -0.1) is 0 Å². The molecule has 0 spiro atoms. The van der Waals surface area contributed by atoms with Crippen LogP contribution in [0.15, 0.2) is 65.7 Å². The second-order valence-electron chi connectivity index (χ2n) is 5.87. The number of halogens is 1. The molecule has 0 atom stereocenters. The Morgan fingerprint density at radius 2 is 1.85 bits per heavy atom. The molecule has 0 saturated heterocycles. The van der Waals surface area contributed by atoms with Crippen LogP contribution in [-0.4, -0.2) is 39.9 Å². The largest absolute Gasteiger partial charge is 0.339 e. The van der Waals surface area contributed by atoms with Crippen LogP contribution in [0.25, 0.3) is 5.69 Å². The van der Waals surface area contributed by atoms with Gasteiger partial charge in [0.15, 0.2) is 5.69 Å². The lowest BCUT2D eigenvalue weighted by molar-refractivity contribution is 0.102. The van der Waals surface area contributed by atoms with E-state index in [0.717, 1.165) is 22.3 Å². The van der Waals surface area contributed by atoms with E-state index in [1.54, 1.807) is 67.4 Å². The Labute approximate surface area is 166 Å². The molecule has 0 radical (unpaired) electrons. The number of benzene rings is 2. The molecule has 0 saturated carbocycles. The van der Waals surface area contributed by atoms with Crippen molar-refractivity contribution in [2.75, 3.05) is 19.4 Å². The van der Waals surface area contributed by atoms with Crippen molar-refractivity contribution < 1.29 is 9.59 Å². The molecule has 0 unspecified atom stereocenters. The van der Waals surface area contributed by atoms with Crippen molar-refractivity contribution >= 4 is 40.2 Å². The average molecular weight is 401 g/mol. The molecule has 0 aliphatic rings. The number of aromatic nitrogens is 2. The van der Waals surface area contributed by atoms with Gasteiger partial charge >= 0.3 is 0 Å². The third kappa shape index (κ3) is 4.90. The van der Waals surface area contributed by atoms with Crippen molar-refractivity contribution in [3.8, 4) is 5.69 Å². The summed E-state index contributed by atoms with van der Waals surface area (Å²) in [5, 5.41) is 7.62. The number of carbonyl (C=O) groups excluding carboxylic acids is 2. The summed E-state index contributed by atoms with van der Waals surface area (Å²) in [6, 6.07) is 15.9. The van der Waals surface area contributed by atoms with Crippen LogP contribution in [0.5, 0.6) is 0 Å². The number of rotatable bonds is 4. The molecule has 3 rings (SSSR count). The fourth-order valence-corrected chi connectivity index (χ4v) is 3.04. The molecular weight excluding hydrogens is 384 g/mol. The van der Waals surface area contributed by atoms with Crippen LogP contribution in [-0.2, 0) is 0 Å². The second-order valence-corrected chi connectivity index (χ2v) is 7.33. The molecule has 2 aromatic carbocycles. The summed E-state index contributed by atoms with van der Waals surface area (Å²) >= 11 is 7.11. The lowest BCUT2D eigenvalue weighted by Crippen LogP contribution is -2.16. The highest BCUT2D eigenvalue weighted by Crippen LogP contribution is 2.22. The Hall–Kier alpha value is -2.77. The van der Waals surface area contributed by atoms with E-state index in [1.807, 2.05) is 12.1 Å². The standard InChI is InChI=1S/C19H17ClN4O2S/c1-23(2)19(26)27-16-8-6-14(7-9-16)21-18(25)17-10-11-24(22-17)15-5-3-4-13(20)12-15/h3-12H,1-2H3,(H,21,25). The minimum absolute atomic E-state index is 0.0571. The number of nitrogens with zero attached hydrogens (tertiary/aromatic N) is 3. The van der Waals surface area contributed by atoms with Crippen molar-refractivity contribution in [2.24, 2.45) is 0 Å². The van der Waals surface area contributed by atoms with Crippen LogP contribution < -0.4 is 5.32 Å². The van der Waals surface area contributed by atoms with E-state index in [2.05, 4.69) is 10.4 Å². The van der Waals surface area contributed by atoms with E-state index in [1.165, 1.54) is 4.90 Å². The first-order valence-electron chi connectivity index (χ1n) is 8.04. The third-order valence-electron chi connectivity index (χ3n) is 3.58. The molecule has 0 aliphatic carbocycles. The normalized spacial score (nSPS) is 10.5. The maximum Gasteiger partial charge on any atom is 0.285 e. The quantitative estimate of drug-likeness (QED) is 0.652. The highest BCUT2D eigenvalue weighted by molar-refractivity contribution is 8.13. The highest BCUT2D eigenvalue weighted by Gasteiger charge is 2.12. The Morgan fingerprint density at radius 1 is 1.11 bits per heavy atom. The number of nitrogens with one attached hydrogen (secondary N) is 1. The summed E-state index contributed by atoms with van der Waals surface area (Å²) in [5.41, 5.74) is 1.68. The van der Waals surface area contributed by atoms with Crippen molar-refractivity contribution in [1.82, 2.24) is 14.7 Å². The summed E-state index contributed by atoms with van der Waals surface area (Å²) in [5.74, 6) is -0.319. The molecule has 8 heteroatoms. The fourth-order valence-electron chi connectivity index (χ4n) is 2.20. The predicted octanol–water partition coefficient (Wildman–Crippen LogP) is 4.55. The van der Waals surface area contributed by atoms with Gasteiger partial charge in [0.2, 0.25) is 0 Å². The number of anilines is 1. The molecular formula is C19H17ClN4O2S. The SMILES string of the molecule is CN(C)C(=O)Sc1ccc(NC(=O)c2ccn(-c3cccc(Cl)c3)n2)cc1. The summed E-state index contributed by atoms with van der Waals surface area (Å²) in [4.78, 5) is 26.4. The van der Waals surface area contributed by atoms with Crippen LogP contribution >= 0.6 is 23.4 Å². The van der Waals surface area contributed by atoms with Gasteiger partial charge in [0.25, 0.3) is 11.1 Å². The number of hydrogen-bond donors (Lipinski definition) is 1. The summed E-state index contributed by atoms with van der Waals surface area (Å²) in [6.45, 7) is 0. The van der Waals surface area contributed by atoms with Crippen LogP contribution in [0.4, 0.5) is 10.5 Å². The molecule has 27 heavy (non-hydrogen) atoms. The molecule has 138 valence electrons. The monoisotopic (exact) mass is 400 g/mol. The van der Waals surface area contributed by atoms with Gasteiger partial charge in [0.05, 0.1) is 5.69 Å². The van der Waals surface area contributed by atoms with Gasteiger partial charge in [-0.1, -0.05) is 17.7 Å². The van der Waals surface area contributed by atoms with Gasteiger partial charge in [-0.2, -0.15) is 5.10 Å². The Balaban J connectivity index is 1.66. The molecule has 1 heterocycles. The number of thioether (sulfide) groups is 1. The van der Waals surface area contributed by atoms with Crippen LogP contribution in [0.2, 0.25) is 5.02 Å². The van der Waals surface area contributed by atoms with E-state index < -0.39 is 0 Å². The molecule has 1 aromatic heterocycles. The topological polar surface area (TPSA) is 67.2 Å². The molecule has 0 aliphatic heterocycles. The first-order chi connectivity index (χ1) is 12.9. The van der Waals surface area contributed by atoms with Crippen LogP contribution in [0.1, 0.15) is 10.5 Å². The number of carbonyl (C=O) groups is 2. The van der Waals surface area contributed by atoms with E-state index in [0.29, 0.717) is 10.7 Å². The second kappa shape index (κ2) is 8.28. The zero-order chi connectivity index (χ0) is 19.4. The Bertz CT molecular complexity index is 970. The van der Waals surface area contributed by atoms with Crippen molar-refractivity contribution in [3.63, 3.8) is 0 Å². The maximum absolute atomic E-state index is 12.4. The predicted molar refractivity (Wildman–Crippen MR) is 108 cm³/mol. The van der Waals surface area contributed by atoms with Crippen molar-refractivity contribution in [1.29, 1.82) is 0 Å². The van der Waals surface area contributed by atoms with Crippen molar-refractivity contribution in [2.45, 2.75) is 4.90 Å². The zero-order valence-corrected chi connectivity index (χ0v) is 16.3. The van der Waals surface area contributed by atoms with Gasteiger partial charge in [0.1, 0.15) is 0 Å². The van der Waals surface area contributed by atoms with E-state index in [9.17, 15) is 9.59 Å². The molecule has 1 N–H and O–H groups in total. The Morgan fingerprint density at radius 3 is 2.52 bits per heavy atom. The molecule has 0 fully saturated rings. The molecule has 6 nitrogen and oxygen atoms in total. The average Bonchev–Trinajstić information content (AvgIpc) is 3.13. The first-order valence-corrected chi connectivity index (χ1v) is 9.24. The van der Waals surface area contributed by atoms with Crippen LogP contribution in [0, 0.1) is 0 Å². The number of hydrogen-bond acceptors (Lipinski definition) is 4. The fraction of sp³-hybridized carbons (Fsp3) is 0.105. The first kappa shape index (κ1) is 19.0. The molecule has 2 amide bonds. The van der Waals surface area contributed by atoms with E-state index in [4.69, 9.17) is 11.6 Å². The minimum atomic E-state index is -0.319. The van der Waals surface area contributed by atoms with E-state index in [-0.39, 0.29) is 16.8 Å². The number of amides is 2. The highest BCUT2D eigenvalue weighted by atomic mass is 35.5. The Kier molecular flexibility index (Phi) is 5.83. The minimum Gasteiger partial charge on any atom is -0.339 e. The van der Waals surface area contributed by atoms with Gasteiger partial charge in [-0.25, -0.2) is 4.68 Å². The van der Waals surface area contributed by atoms with Gasteiger partial charge in [-0.05, 0) is 60.3 Å². The maximum atomic E-state index is 12.4. The summed E-state index contributed by atoms with van der Waals surface area (Å²) in [7, 11) is 3.40. The third-order valence-corrected chi connectivity index (χ3v) is 4.86. The molecule has 0 bridgehead atoms. The lowest BCUT2D eigenvalue weighted by atomic mass is 10.3. The smallest absolute Gasteiger partial charge is 0.285 e. The van der Waals surface area contributed by atoms with Crippen LogP contribution in [0.3, 0.4) is 0 Å². The molecule has 3 aromatic rings. The summed E-state index contributed by atoms with van der Waals surface area (Å²) in [6.07, 6.45) is 1.70. The van der Waals surface area contributed by atoms with E-state index >= 15 is 0 Å². The summed E-state index contributed by atoms with van der Waals surface area (Å²) < 4.78 is 1.59. The lowest BCUT2D eigenvalue weighted by Gasteiger charge is -2.09. The van der Waals surface area contributed by atoms with Gasteiger partial charge in [0, 0.05) is 35.9 Å².